The van der Waals surface area contributed by atoms with Gasteiger partial charge in [0.2, 0.25) is 0 Å². The number of ketones is 1. The minimum atomic E-state index is -5.09. The number of aromatic hydroxyl groups is 2. The van der Waals surface area contributed by atoms with Crippen molar-refractivity contribution in [3.63, 3.8) is 0 Å². The highest BCUT2D eigenvalue weighted by atomic mass is 19.4. The number of carbonyl (C=O) groups is 3. The first kappa shape index (κ1) is 31.1. The largest absolute Gasteiger partial charge is 0.508 e. The maximum atomic E-state index is 14.0. The molecule has 0 bridgehead atoms. The van der Waals surface area contributed by atoms with E-state index < -0.39 is 46.9 Å². The molecule has 2 aromatic rings. The molecule has 2 atom stereocenters. The molecule has 0 saturated heterocycles. The number of benzene rings is 2. The molecule has 0 aliphatic carbocycles. The van der Waals surface area contributed by atoms with Gasteiger partial charge in [0.25, 0.3) is 5.60 Å². The summed E-state index contributed by atoms with van der Waals surface area (Å²) >= 11 is 0. The van der Waals surface area contributed by atoms with E-state index in [1.165, 1.54) is 49.4 Å². The van der Waals surface area contributed by atoms with Crippen LogP contribution in [-0.4, -0.2) is 53.9 Å². The van der Waals surface area contributed by atoms with E-state index in [9.17, 15) is 37.8 Å². The molecule has 0 amide bonds. The Kier molecular flexibility index (Phi) is 10.9. The van der Waals surface area contributed by atoms with Crippen molar-refractivity contribution < 1.29 is 52.0 Å². The number of methoxy groups -OCH3 is 1. The van der Waals surface area contributed by atoms with Crippen molar-refractivity contribution in [2.75, 3.05) is 13.7 Å². The van der Waals surface area contributed by atoms with Gasteiger partial charge < -0.3 is 24.4 Å². The summed E-state index contributed by atoms with van der Waals surface area (Å²) in [5.74, 6) is -3.82. The van der Waals surface area contributed by atoms with E-state index in [1.807, 2.05) is 0 Å². The number of ether oxygens (including phenoxy) is 3. The van der Waals surface area contributed by atoms with Crippen LogP contribution >= 0.6 is 0 Å². The highest BCUT2D eigenvalue weighted by molar-refractivity contribution is 6.08. The predicted octanol–water partition coefficient (Wildman–Crippen LogP) is 4.92. The summed E-state index contributed by atoms with van der Waals surface area (Å²) < 4.78 is 56.5. The Hall–Kier alpha value is -4.12. The summed E-state index contributed by atoms with van der Waals surface area (Å²) in [6, 6.07) is 8.56. The molecule has 0 radical (unpaired) electrons. The van der Waals surface area contributed by atoms with Crippen molar-refractivity contribution in [1.82, 2.24) is 0 Å². The minimum Gasteiger partial charge on any atom is -0.508 e. The number of hydrogen-bond acceptors (Lipinski definition) is 8. The number of rotatable bonds is 12. The number of allylic oxidation sites excluding steroid dienone is 3. The van der Waals surface area contributed by atoms with E-state index in [2.05, 4.69) is 0 Å². The third kappa shape index (κ3) is 7.70. The maximum Gasteiger partial charge on any atom is 0.432 e. The van der Waals surface area contributed by atoms with Crippen molar-refractivity contribution >= 4 is 17.7 Å². The summed E-state index contributed by atoms with van der Waals surface area (Å²) in [5, 5.41) is 19.9. The fourth-order valence-electron chi connectivity index (χ4n) is 3.74. The summed E-state index contributed by atoms with van der Waals surface area (Å²) in [4.78, 5) is 37.2. The van der Waals surface area contributed by atoms with E-state index in [-0.39, 0.29) is 36.3 Å². The lowest BCUT2D eigenvalue weighted by Crippen LogP contribution is -2.52. The van der Waals surface area contributed by atoms with Crippen molar-refractivity contribution in [3.05, 3.63) is 83.5 Å². The molecule has 2 rings (SSSR count). The first-order valence-electron chi connectivity index (χ1n) is 11.8. The summed E-state index contributed by atoms with van der Waals surface area (Å²) in [6.07, 6.45) is -1.17. The predicted molar refractivity (Wildman–Crippen MR) is 134 cm³/mol. The maximum absolute atomic E-state index is 14.0. The van der Waals surface area contributed by atoms with Gasteiger partial charge in [-0.25, -0.2) is 4.79 Å². The van der Waals surface area contributed by atoms with Crippen molar-refractivity contribution in [2.45, 2.75) is 44.6 Å². The number of alkyl halides is 3. The molecule has 0 saturated carbocycles. The number of carbonyl (C=O) groups excluding carboxylic acids is 3. The Morgan fingerprint density at radius 3 is 2.31 bits per heavy atom. The van der Waals surface area contributed by atoms with Gasteiger partial charge in [0.15, 0.2) is 5.78 Å². The third-order valence-corrected chi connectivity index (χ3v) is 5.51. The molecule has 2 N–H and O–H groups in total. The average Bonchev–Trinajstić information content (AvgIpc) is 2.84. The van der Waals surface area contributed by atoms with Gasteiger partial charge in [0.05, 0.1) is 18.6 Å². The van der Waals surface area contributed by atoms with Crippen LogP contribution in [0.1, 0.15) is 41.8 Å². The van der Waals surface area contributed by atoms with E-state index in [0.29, 0.717) is 0 Å². The molecule has 2 aromatic carbocycles. The van der Waals surface area contributed by atoms with Crippen LogP contribution in [0.2, 0.25) is 0 Å². The van der Waals surface area contributed by atoms with E-state index >= 15 is 0 Å². The SMILES string of the molecule is CCOC(=O)Cc1cc(O)cc(O)c1C(=O)/C=C/C=C/C[C@@H](C)OC(=O)[C@@](OC)(c1ccccc1)C(F)(F)F. The Balaban J connectivity index is 2.10. The van der Waals surface area contributed by atoms with Crippen LogP contribution in [0.15, 0.2) is 66.8 Å². The number of phenolic OH excluding ortho intramolecular Hbond substituents is 2. The van der Waals surface area contributed by atoms with Crippen LogP contribution in [0.4, 0.5) is 13.2 Å². The van der Waals surface area contributed by atoms with Crippen LogP contribution in [0, 0.1) is 0 Å². The number of hydrogen-bond donors (Lipinski definition) is 2. The molecular weight excluding hydrogens is 521 g/mol. The van der Waals surface area contributed by atoms with Gasteiger partial charge in [-0.3, -0.25) is 9.59 Å². The normalized spacial score (nSPS) is 14.2. The molecule has 0 aliphatic rings. The lowest BCUT2D eigenvalue weighted by molar-refractivity contribution is -0.277. The second-order valence-corrected chi connectivity index (χ2v) is 8.33. The molecule has 210 valence electrons. The zero-order chi connectivity index (χ0) is 29.2. The van der Waals surface area contributed by atoms with Crippen molar-refractivity contribution in [2.24, 2.45) is 0 Å². The first-order valence-corrected chi connectivity index (χ1v) is 11.8. The zero-order valence-corrected chi connectivity index (χ0v) is 21.5. The Bertz CT molecular complexity index is 1220. The molecule has 0 aliphatic heterocycles. The van der Waals surface area contributed by atoms with Gasteiger partial charge in [-0.2, -0.15) is 13.2 Å². The second kappa shape index (κ2) is 13.6. The fourth-order valence-corrected chi connectivity index (χ4v) is 3.74. The Morgan fingerprint density at radius 1 is 1.05 bits per heavy atom. The molecule has 39 heavy (non-hydrogen) atoms. The third-order valence-electron chi connectivity index (χ3n) is 5.51. The standard InChI is InChI=1S/C28H29F3O8/c1-4-38-24(35)16-19-15-21(32)17-23(34)25(19)22(33)14-10-5-7-11-18(2)39-26(36)27(37-3,28(29,30)31)20-12-8-6-9-13-20/h5-10,12-15,17-18,32,34H,4,11,16H2,1-3H3/b7-5+,14-10+/t18-,27+/m1/s1. The number of halogens is 3. The highest BCUT2D eigenvalue weighted by Crippen LogP contribution is 2.43. The van der Waals surface area contributed by atoms with E-state index in [0.717, 1.165) is 31.4 Å². The Labute approximate surface area is 223 Å². The van der Waals surface area contributed by atoms with Crippen molar-refractivity contribution in [1.29, 1.82) is 0 Å². The van der Waals surface area contributed by atoms with Gasteiger partial charge in [-0.15, -0.1) is 0 Å². The monoisotopic (exact) mass is 550 g/mol. The molecule has 0 fully saturated rings. The highest BCUT2D eigenvalue weighted by Gasteiger charge is 2.64. The van der Waals surface area contributed by atoms with Gasteiger partial charge in [-0.05, 0) is 31.6 Å². The lowest BCUT2D eigenvalue weighted by Gasteiger charge is -2.33. The molecule has 0 unspecified atom stereocenters. The average molecular weight is 551 g/mol. The van der Waals surface area contributed by atoms with Crippen LogP contribution in [0.25, 0.3) is 0 Å². The van der Waals surface area contributed by atoms with Crippen molar-refractivity contribution in [3.8, 4) is 11.5 Å². The second-order valence-electron chi connectivity index (χ2n) is 8.33. The first-order chi connectivity index (χ1) is 18.4. The number of esters is 2. The molecule has 11 heteroatoms. The van der Waals surface area contributed by atoms with Gasteiger partial charge >= 0.3 is 18.1 Å². The van der Waals surface area contributed by atoms with E-state index in [1.54, 1.807) is 6.92 Å². The van der Waals surface area contributed by atoms with Gasteiger partial charge in [-0.1, -0.05) is 48.6 Å². The van der Waals surface area contributed by atoms with Crippen LogP contribution < -0.4 is 0 Å². The quantitative estimate of drug-likeness (QED) is 0.165. The van der Waals surface area contributed by atoms with Crippen LogP contribution in [-0.2, 0) is 35.8 Å². The summed E-state index contributed by atoms with van der Waals surface area (Å²) in [6.45, 7) is 3.11. The molecular formula is C28H29F3O8. The zero-order valence-electron chi connectivity index (χ0n) is 21.5. The molecule has 8 nitrogen and oxygen atoms in total. The van der Waals surface area contributed by atoms with Gasteiger partial charge in [0, 0.05) is 25.2 Å². The smallest absolute Gasteiger partial charge is 0.432 e. The minimum absolute atomic E-state index is 0.00921. The van der Waals surface area contributed by atoms with E-state index in [4.69, 9.17) is 14.2 Å². The molecule has 0 spiro atoms. The van der Waals surface area contributed by atoms with Crippen LogP contribution in [0.5, 0.6) is 11.5 Å². The Morgan fingerprint density at radius 2 is 1.72 bits per heavy atom. The molecule has 0 heterocycles. The fraction of sp³-hybridized carbons (Fsp3) is 0.321. The topological polar surface area (TPSA) is 119 Å². The molecule has 0 aromatic heterocycles. The lowest BCUT2D eigenvalue weighted by atomic mass is 9.92. The van der Waals surface area contributed by atoms with Gasteiger partial charge in [0.1, 0.15) is 17.6 Å². The summed E-state index contributed by atoms with van der Waals surface area (Å²) in [5.41, 5.74) is -3.85. The summed E-state index contributed by atoms with van der Waals surface area (Å²) in [7, 11) is 0.776. The number of phenols is 2. The van der Waals surface area contributed by atoms with Crippen LogP contribution in [0.3, 0.4) is 0 Å².